The second-order valence-corrected chi connectivity index (χ2v) is 10.5. The maximum atomic E-state index is 13.6. The van der Waals surface area contributed by atoms with Crippen molar-refractivity contribution in [3.8, 4) is 5.75 Å². The fourth-order valence-electron chi connectivity index (χ4n) is 3.69. The number of carbonyl (C=O) groups is 1. The van der Waals surface area contributed by atoms with Crippen molar-refractivity contribution >= 4 is 75.1 Å². The van der Waals surface area contributed by atoms with E-state index < -0.39 is 0 Å². The SMILES string of the molecule is O=C1/C(=C/c2cc(Cl)ccc2OCc2cccc(F)c2)SC(=Nc2ccc(Cl)cc2)N1c1ccc(Cl)cc1. The summed E-state index contributed by atoms with van der Waals surface area (Å²) in [5.74, 6) is -0.103. The normalized spacial score (nSPS) is 15.5. The standard InChI is InChI=1S/C29H18Cl3FN2O2S/c30-20-4-9-24(10-5-20)34-29-35(25-11-6-21(31)7-12-25)28(36)27(38-29)16-19-15-22(32)8-13-26(19)37-17-18-2-1-3-23(33)14-18/h1-16H,17H2/b27-16-,34-29?. The maximum Gasteiger partial charge on any atom is 0.271 e. The van der Waals surface area contributed by atoms with Crippen LogP contribution in [0.2, 0.25) is 15.1 Å². The Kier molecular flexibility index (Phi) is 8.05. The molecule has 0 N–H and O–H groups in total. The summed E-state index contributed by atoms with van der Waals surface area (Å²) in [7, 11) is 0. The fraction of sp³-hybridized carbons (Fsp3) is 0.0345. The fourth-order valence-corrected chi connectivity index (χ4v) is 5.11. The quantitative estimate of drug-likeness (QED) is 0.213. The molecule has 1 amide bonds. The van der Waals surface area contributed by atoms with Crippen molar-refractivity contribution in [3.63, 3.8) is 0 Å². The molecule has 1 fully saturated rings. The molecule has 0 bridgehead atoms. The molecule has 5 rings (SSSR count). The molecule has 1 aliphatic rings. The van der Waals surface area contributed by atoms with Gasteiger partial charge < -0.3 is 4.74 Å². The van der Waals surface area contributed by atoms with Crippen LogP contribution < -0.4 is 9.64 Å². The molecule has 4 nitrogen and oxygen atoms in total. The molecule has 38 heavy (non-hydrogen) atoms. The number of halogens is 4. The van der Waals surface area contributed by atoms with Crippen molar-refractivity contribution in [1.82, 2.24) is 0 Å². The zero-order valence-corrected chi connectivity index (χ0v) is 22.7. The lowest BCUT2D eigenvalue weighted by atomic mass is 10.1. The number of thioether (sulfide) groups is 1. The van der Waals surface area contributed by atoms with Gasteiger partial charge in [0.15, 0.2) is 5.17 Å². The second-order valence-electron chi connectivity index (χ2n) is 8.20. The van der Waals surface area contributed by atoms with Crippen LogP contribution in [-0.2, 0) is 11.4 Å². The van der Waals surface area contributed by atoms with E-state index in [0.717, 1.165) is 0 Å². The Labute approximate surface area is 238 Å². The van der Waals surface area contributed by atoms with Gasteiger partial charge in [0.2, 0.25) is 0 Å². The topological polar surface area (TPSA) is 41.9 Å². The monoisotopic (exact) mass is 582 g/mol. The van der Waals surface area contributed by atoms with Gasteiger partial charge in [-0.3, -0.25) is 9.69 Å². The van der Waals surface area contributed by atoms with Crippen molar-refractivity contribution < 1.29 is 13.9 Å². The van der Waals surface area contributed by atoms with Crippen LogP contribution >= 0.6 is 46.6 Å². The minimum Gasteiger partial charge on any atom is -0.488 e. The van der Waals surface area contributed by atoms with E-state index in [1.54, 1.807) is 84.9 Å². The lowest BCUT2D eigenvalue weighted by Gasteiger charge is -2.15. The number of carbonyl (C=O) groups excluding carboxylic acids is 1. The third-order valence-corrected chi connectivity index (χ3v) is 7.19. The summed E-state index contributed by atoms with van der Waals surface area (Å²) < 4.78 is 19.6. The second kappa shape index (κ2) is 11.6. The molecule has 0 spiro atoms. The maximum absolute atomic E-state index is 13.6. The smallest absolute Gasteiger partial charge is 0.271 e. The molecule has 1 heterocycles. The number of nitrogens with zero attached hydrogens (tertiary/aromatic N) is 2. The van der Waals surface area contributed by atoms with E-state index in [1.807, 2.05) is 0 Å². The lowest BCUT2D eigenvalue weighted by Crippen LogP contribution is -2.28. The first-order chi connectivity index (χ1) is 18.4. The summed E-state index contributed by atoms with van der Waals surface area (Å²) in [5.41, 5.74) is 2.55. The molecule has 0 radical (unpaired) electrons. The van der Waals surface area contributed by atoms with Gasteiger partial charge in [0, 0.05) is 20.6 Å². The molecule has 1 saturated heterocycles. The van der Waals surface area contributed by atoms with Crippen molar-refractivity contribution in [2.24, 2.45) is 4.99 Å². The molecular formula is C29H18Cl3FN2O2S. The number of benzene rings is 4. The van der Waals surface area contributed by atoms with E-state index >= 15 is 0 Å². The summed E-state index contributed by atoms with van der Waals surface area (Å²) in [5, 5.41) is 2.09. The first-order valence-electron chi connectivity index (χ1n) is 11.4. The van der Waals surface area contributed by atoms with Gasteiger partial charge >= 0.3 is 0 Å². The van der Waals surface area contributed by atoms with Crippen LogP contribution in [0.25, 0.3) is 6.08 Å². The highest BCUT2D eigenvalue weighted by Gasteiger charge is 2.35. The Bertz CT molecular complexity index is 1560. The number of ether oxygens (including phenoxy) is 1. The predicted octanol–water partition coefficient (Wildman–Crippen LogP) is 9.17. The Hall–Kier alpha value is -3.29. The van der Waals surface area contributed by atoms with Gasteiger partial charge in [-0.2, -0.15) is 0 Å². The third kappa shape index (κ3) is 6.22. The minimum atomic E-state index is -0.340. The minimum absolute atomic E-state index is 0.150. The van der Waals surface area contributed by atoms with Gasteiger partial charge in [0.05, 0.1) is 16.3 Å². The van der Waals surface area contributed by atoms with Crippen LogP contribution in [-0.4, -0.2) is 11.1 Å². The average Bonchev–Trinajstić information content (AvgIpc) is 3.19. The Morgan fingerprint density at radius 3 is 2.26 bits per heavy atom. The number of rotatable bonds is 6. The first-order valence-corrected chi connectivity index (χ1v) is 13.3. The number of anilines is 1. The number of amidine groups is 1. The van der Waals surface area contributed by atoms with Crippen molar-refractivity contribution in [2.75, 3.05) is 4.90 Å². The zero-order valence-electron chi connectivity index (χ0n) is 19.6. The van der Waals surface area contributed by atoms with E-state index in [-0.39, 0.29) is 18.3 Å². The van der Waals surface area contributed by atoms with Crippen LogP contribution in [0.3, 0.4) is 0 Å². The van der Waals surface area contributed by atoms with Gasteiger partial charge in [0.25, 0.3) is 5.91 Å². The Morgan fingerprint density at radius 2 is 1.55 bits per heavy atom. The van der Waals surface area contributed by atoms with Crippen molar-refractivity contribution in [3.05, 3.63) is 128 Å². The molecule has 9 heteroatoms. The largest absolute Gasteiger partial charge is 0.488 e. The predicted molar refractivity (Wildman–Crippen MR) is 155 cm³/mol. The van der Waals surface area contributed by atoms with Gasteiger partial charge in [-0.05, 0) is 102 Å². The Morgan fingerprint density at radius 1 is 0.868 bits per heavy atom. The molecule has 190 valence electrons. The highest BCUT2D eigenvalue weighted by molar-refractivity contribution is 8.19. The van der Waals surface area contributed by atoms with Crippen LogP contribution in [0.5, 0.6) is 5.75 Å². The molecule has 1 aliphatic heterocycles. The average molecular weight is 584 g/mol. The molecule has 0 unspecified atom stereocenters. The van der Waals surface area contributed by atoms with E-state index in [4.69, 9.17) is 44.5 Å². The highest BCUT2D eigenvalue weighted by Crippen LogP contribution is 2.39. The zero-order chi connectivity index (χ0) is 26.6. The summed E-state index contributed by atoms with van der Waals surface area (Å²) >= 11 is 19.6. The van der Waals surface area contributed by atoms with Gasteiger partial charge in [-0.25, -0.2) is 9.38 Å². The molecule has 0 aromatic heterocycles. The third-order valence-electron chi connectivity index (χ3n) is 5.48. The van der Waals surface area contributed by atoms with Crippen molar-refractivity contribution in [2.45, 2.75) is 6.61 Å². The van der Waals surface area contributed by atoms with E-state index in [0.29, 0.717) is 53.4 Å². The summed E-state index contributed by atoms with van der Waals surface area (Å²) in [6.45, 7) is 0.150. The number of aliphatic imine (C=N–C) groups is 1. The molecule has 0 saturated carbocycles. The number of hydrogen-bond donors (Lipinski definition) is 0. The van der Waals surface area contributed by atoms with Crippen LogP contribution in [0.4, 0.5) is 15.8 Å². The molecule has 4 aromatic carbocycles. The summed E-state index contributed by atoms with van der Waals surface area (Å²) in [6.07, 6.45) is 1.72. The van der Waals surface area contributed by atoms with E-state index in [9.17, 15) is 9.18 Å². The van der Waals surface area contributed by atoms with E-state index in [2.05, 4.69) is 0 Å². The van der Waals surface area contributed by atoms with Crippen LogP contribution in [0.15, 0.2) is 101 Å². The summed E-state index contributed by atoms with van der Waals surface area (Å²) in [4.78, 5) is 20.3. The first kappa shape index (κ1) is 26.3. The molecular weight excluding hydrogens is 566 g/mol. The van der Waals surface area contributed by atoms with Gasteiger partial charge in [0.1, 0.15) is 18.2 Å². The van der Waals surface area contributed by atoms with Crippen molar-refractivity contribution in [1.29, 1.82) is 0 Å². The molecule has 0 aliphatic carbocycles. The molecule has 0 atom stereocenters. The number of amides is 1. The summed E-state index contributed by atoms with van der Waals surface area (Å²) in [6, 6.07) is 25.3. The molecule has 4 aromatic rings. The lowest BCUT2D eigenvalue weighted by molar-refractivity contribution is -0.113. The van der Waals surface area contributed by atoms with Crippen LogP contribution in [0.1, 0.15) is 11.1 Å². The van der Waals surface area contributed by atoms with Gasteiger partial charge in [-0.15, -0.1) is 0 Å². The van der Waals surface area contributed by atoms with Gasteiger partial charge in [-0.1, -0.05) is 46.9 Å². The highest BCUT2D eigenvalue weighted by atomic mass is 35.5. The van der Waals surface area contributed by atoms with Crippen LogP contribution in [0, 0.1) is 5.82 Å². The Balaban J connectivity index is 1.50. The van der Waals surface area contributed by atoms with E-state index in [1.165, 1.54) is 28.8 Å². The number of hydrogen-bond acceptors (Lipinski definition) is 4.